The lowest BCUT2D eigenvalue weighted by atomic mass is 10.2. The molecule has 0 aromatic heterocycles. The summed E-state index contributed by atoms with van der Waals surface area (Å²) in [5.41, 5.74) is -0.123. The number of hydrogen-bond donors (Lipinski definition) is 1. The maximum Gasteiger partial charge on any atom is 0.246 e. The Hall–Kier alpha value is -0.690. The lowest BCUT2D eigenvalue weighted by Crippen LogP contribution is -2.32. The molecule has 0 unspecified atom stereocenters. The van der Waals surface area contributed by atoms with E-state index in [1.807, 2.05) is 6.92 Å². The summed E-state index contributed by atoms with van der Waals surface area (Å²) in [6.07, 6.45) is 1.54. The van der Waals surface area contributed by atoms with Gasteiger partial charge in [0.25, 0.3) is 0 Å². The standard InChI is InChI=1S/C13H19ClFNO3S/c1-3-5-6-16(4-2)20(18,19)12-8-11(14)7-10(9-17)13(12)15/h7-8,17H,3-6,9H2,1-2H3. The first-order valence-electron chi connectivity index (χ1n) is 6.47. The molecule has 1 aromatic carbocycles. The van der Waals surface area contributed by atoms with Crippen LogP contribution in [0.3, 0.4) is 0 Å². The number of hydrogen-bond acceptors (Lipinski definition) is 3. The van der Waals surface area contributed by atoms with Crippen LogP contribution in [0.2, 0.25) is 5.02 Å². The van der Waals surface area contributed by atoms with Gasteiger partial charge in [0, 0.05) is 23.7 Å². The Morgan fingerprint density at radius 2 is 2.00 bits per heavy atom. The van der Waals surface area contributed by atoms with Crippen molar-refractivity contribution in [1.29, 1.82) is 0 Å². The molecule has 0 saturated heterocycles. The van der Waals surface area contributed by atoms with E-state index in [9.17, 15) is 12.8 Å². The van der Waals surface area contributed by atoms with Crippen LogP contribution in [0.25, 0.3) is 0 Å². The lowest BCUT2D eigenvalue weighted by molar-refractivity contribution is 0.274. The van der Waals surface area contributed by atoms with Gasteiger partial charge in [0.15, 0.2) is 0 Å². The number of aliphatic hydroxyl groups is 1. The van der Waals surface area contributed by atoms with E-state index in [4.69, 9.17) is 16.7 Å². The van der Waals surface area contributed by atoms with Crippen molar-refractivity contribution in [3.05, 3.63) is 28.5 Å². The molecule has 0 spiro atoms. The molecule has 1 rings (SSSR count). The smallest absolute Gasteiger partial charge is 0.246 e. The highest BCUT2D eigenvalue weighted by atomic mass is 35.5. The van der Waals surface area contributed by atoms with E-state index in [0.717, 1.165) is 12.5 Å². The van der Waals surface area contributed by atoms with E-state index in [1.165, 1.54) is 10.4 Å². The highest BCUT2D eigenvalue weighted by Gasteiger charge is 2.27. The first kappa shape index (κ1) is 17.4. The predicted octanol–water partition coefficient (Wildman–Crippen LogP) is 2.78. The summed E-state index contributed by atoms with van der Waals surface area (Å²) in [4.78, 5) is -0.480. The molecule has 7 heteroatoms. The van der Waals surface area contributed by atoms with E-state index < -0.39 is 27.3 Å². The zero-order chi connectivity index (χ0) is 15.3. The van der Waals surface area contributed by atoms with E-state index >= 15 is 0 Å². The lowest BCUT2D eigenvalue weighted by Gasteiger charge is -2.21. The second kappa shape index (κ2) is 7.36. The fourth-order valence-electron chi connectivity index (χ4n) is 1.84. The number of halogens is 2. The molecular weight excluding hydrogens is 305 g/mol. The topological polar surface area (TPSA) is 57.6 Å². The van der Waals surface area contributed by atoms with E-state index in [-0.39, 0.29) is 17.1 Å². The molecule has 0 aliphatic heterocycles. The van der Waals surface area contributed by atoms with Gasteiger partial charge < -0.3 is 5.11 Å². The molecular formula is C13H19ClFNO3S. The largest absolute Gasteiger partial charge is 0.392 e. The molecule has 1 N–H and O–H groups in total. The van der Waals surface area contributed by atoms with Crippen LogP contribution in [0.1, 0.15) is 32.3 Å². The first-order valence-corrected chi connectivity index (χ1v) is 8.29. The maximum absolute atomic E-state index is 14.1. The van der Waals surface area contributed by atoms with Crippen LogP contribution in [0.5, 0.6) is 0 Å². The normalized spacial score (nSPS) is 12.1. The van der Waals surface area contributed by atoms with E-state index in [0.29, 0.717) is 13.0 Å². The molecule has 0 aliphatic carbocycles. The second-order valence-electron chi connectivity index (χ2n) is 4.39. The van der Waals surface area contributed by atoms with Crippen LogP contribution in [-0.2, 0) is 16.6 Å². The zero-order valence-electron chi connectivity index (χ0n) is 11.6. The molecule has 0 atom stereocenters. The summed E-state index contributed by atoms with van der Waals surface area (Å²) in [5.74, 6) is -0.938. The van der Waals surface area contributed by atoms with Gasteiger partial charge in [0.1, 0.15) is 10.7 Å². The highest BCUT2D eigenvalue weighted by Crippen LogP contribution is 2.26. The number of aliphatic hydroxyl groups excluding tert-OH is 1. The highest BCUT2D eigenvalue weighted by molar-refractivity contribution is 7.89. The zero-order valence-corrected chi connectivity index (χ0v) is 13.1. The van der Waals surface area contributed by atoms with Gasteiger partial charge in [-0.05, 0) is 18.6 Å². The Kier molecular flexibility index (Phi) is 6.39. The van der Waals surface area contributed by atoms with Gasteiger partial charge in [-0.15, -0.1) is 0 Å². The average molecular weight is 324 g/mol. The summed E-state index contributed by atoms with van der Waals surface area (Å²) in [7, 11) is -3.95. The molecule has 0 aliphatic rings. The Labute approximate surface area is 124 Å². The quantitative estimate of drug-likeness (QED) is 0.839. The Bertz CT molecular complexity index is 563. The molecule has 0 bridgehead atoms. The number of sulfonamides is 1. The first-order chi connectivity index (χ1) is 9.38. The fraction of sp³-hybridized carbons (Fsp3) is 0.538. The Morgan fingerprint density at radius 1 is 1.35 bits per heavy atom. The van der Waals surface area contributed by atoms with Crippen LogP contribution in [0, 0.1) is 5.82 Å². The Morgan fingerprint density at radius 3 is 2.50 bits per heavy atom. The van der Waals surface area contributed by atoms with Gasteiger partial charge >= 0.3 is 0 Å². The summed E-state index contributed by atoms with van der Waals surface area (Å²) in [5, 5.41) is 9.15. The third-order valence-electron chi connectivity index (χ3n) is 2.98. The van der Waals surface area contributed by atoms with Crippen LogP contribution in [0.15, 0.2) is 17.0 Å². The molecule has 0 saturated carbocycles. The molecule has 4 nitrogen and oxygen atoms in total. The van der Waals surface area contributed by atoms with Crippen molar-refractivity contribution in [3.8, 4) is 0 Å². The molecule has 114 valence electrons. The SMILES string of the molecule is CCCCN(CC)S(=O)(=O)c1cc(Cl)cc(CO)c1F. The van der Waals surface area contributed by atoms with Gasteiger partial charge in [-0.2, -0.15) is 4.31 Å². The minimum absolute atomic E-state index is 0.0839. The van der Waals surface area contributed by atoms with Crippen molar-refractivity contribution in [3.63, 3.8) is 0 Å². The molecule has 20 heavy (non-hydrogen) atoms. The van der Waals surface area contributed by atoms with Gasteiger partial charge in [-0.3, -0.25) is 0 Å². The fourth-order valence-corrected chi connectivity index (χ4v) is 3.77. The monoisotopic (exact) mass is 323 g/mol. The summed E-state index contributed by atoms with van der Waals surface area (Å²) in [6, 6.07) is 2.30. The van der Waals surface area contributed by atoms with E-state index in [2.05, 4.69) is 0 Å². The molecule has 0 fully saturated rings. The summed E-state index contributed by atoms with van der Waals surface area (Å²) < 4.78 is 40.3. The van der Waals surface area contributed by atoms with Crippen molar-refractivity contribution in [2.24, 2.45) is 0 Å². The molecule has 0 heterocycles. The molecule has 1 aromatic rings. The van der Waals surface area contributed by atoms with Gasteiger partial charge in [-0.25, -0.2) is 12.8 Å². The van der Waals surface area contributed by atoms with E-state index in [1.54, 1.807) is 6.92 Å². The summed E-state index contributed by atoms with van der Waals surface area (Å²) >= 11 is 5.80. The summed E-state index contributed by atoms with van der Waals surface area (Å²) in [6.45, 7) is 3.63. The van der Waals surface area contributed by atoms with Crippen LogP contribution >= 0.6 is 11.6 Å². The third-order valence-corrected chi connectivity index (χ3v) is 5.17. The molecule has 0 amide bonds. The van der Waals surface area contributed by atoms with Crippen LogP contribution in [-0.4, -0.2) is 30.9 Å². The van der Waals surface area contributed by atoms with Crippen LogP contribution in [0.4, 0.5) is 4.39 Å². The van der Waals surface area contributed by atoms with Gasteiger partial charge in [0.05, 0.1) is 6.61 Å². The minimum Gasteiger partial charge on any atom is -0.392 e. The molecule has 0 radical (unpaired) electrons. The maximum atomic E-state index is 14.1. The third kappa shape index (κ3) is 3.69. The van der Waals surface area contributed by atoms with Crippen molar-refractivity contribution in [2.45, 2.75) is 38.2 Å². The number of rotatable bonds is 7. The predicted molar refractivity (Wildman–Crippen MR) is 76.7 cm³/mol. The number of unbranched alkanes of at least 4 members (excludes halogenated alkanes) is 1. The second-order valence-corrected chi connectivity index (χ2v) is 6.73. The Balaban J connectivity index is 3.30. The number of nitrogens with zero attached hydrogens (tertiary/aromatic N) is 1. The van der Waals surface area contributed by atoms with Crippen molar-refractivity contribution in [2.75, 3.05) is 13.1 Å². The minimum atomic E-state index is -3.95. The van der Waals surface area contributed by atoms with Gasteiger partial charge in [-0.1, -0.05) is 31.9 Å². The number of benzene rings is 1. The van der Waals surface area contributed by atoms with Crippen LogP contribution < -0.4 is 0 Å². The van der Waals surface area contributed by atoms with Gasteiger partial charge in [0.2, 0.25) is 10.0 Å². The van der Waals surface area contributed by atoms with Crippen molar-refractivity contribution >= 4 is 21.6 Å². The average Bonchev–Trinajstić information content (AvgIpc) is 2.41. The van der Waals surface area contributed by atoms with Crippen molar-refractivity contribution < 1.29 is 17.9 Å². The van der Waals surface area contributed by atoms with Crippen molar-refractivity contribution in [1.82, 2.24) is 4.31 Å².